The third kappa shape index (κ3) is 4.87. The lowest BCUT2D eigenvalue weighted by molar-refractivity contribution is 1.56. The first kappa shape index (κ1) is 28.0. The Kier molecular flexibility index (Phi) is 6.91. The van der Waals surface area contributed by atoms with Crippen LogP contribution in [0.4, 0.5) is 0 Å². The molecule has 48 heavy (non-hydrogen) atoms. The average Bonchev–Trinajstić information content (AvgIpc) is 3.17. The Labute approximate surface area is 281 Å². The highest BCUT2D eigenvalue weighted by Crippen LogP contribution is 2.45. The fourth-order valence-corrected chi connectivity index (χ4v) is 7.42. The summed E-state index contributed by atoms with van der Waals surface area (Å²) in [6.45, 7) is 0. The predicted molar refractivity (Wildman–Crippen MR) is 206 cm³/mol. The van der Waals surface area contributed by atoms with Gasteiger partial charge in [0.2, 0.25) is 0 Å². The average molecular weight is 609 g/mol. The van der Waals surface area contributed by atoms with Crippen molar-refractivity contribution in [3.63, 3.8) is 0 Å². The molecule has 0 saturated carbocycles. The lowest BCUT2D eigenvalue weighted by Gasteiger charge is -2.19. The standard InChI is InChI=1S/C48H32/c1-2-14-33(15-3-1)36-18-12-19-37(30-36)41-22-6-7-23-42(41)38-20-13-21-39(32-38)47-43-24-8-10-26-45(43)48(46-27-11-9-25-44(46)47)40-29-28-34-16-4-5-17-35(34)31-40/h1-32H. The van der Waals surface area contributed by atoms with E-state index in [1.54, 1.807) is 0 Å². The quantitative estimate of drug-likeness (QED) is 0.171. The second-order valence-corrected chi connectivity index (χ2v) is 12.5. The van der Waals surface area contributed by atoms with E-state index >= 15 is 0 Å². The molecule has 9 rings (SSSR count). The van der Waals surface area contributed by atoms with Gasteiger partial charge in [0.05, 0.1) is 0 Å². The van der Waals surface area contributed by atoms with Crippen molar-refractivity contribution >= 4 is 32.3 Å². The molecule has 0 atom stereocenters. The first-order chi connectivity index (χ1) is 23.8. The van der Waals surface area contributed by atoms with Crippen LogP contribution in [-0.4, -0.2) is 0 Å². The minimum atomic E-state index is 1.21. The lowest BCUT2D eigenvalue weighted by atomic mass is 9.84. The highest BCUT2D eigenvalue weighted by Gasteiger charge is 2.18. The molecule has 0 aliphatic carbocycles. The van der Waals surface area contributed by atoms with Gasteiger partial charge in [0, 0.05) is 0 Å². The van der Waals surface area contributed by atoms with Crippen molar-refractivity contribution in [2.45, 2.75) is 0 Å². The predicted octanol–water partition coefficient (Wildman–Crippen LogP) is 13.5. The Morgan fingerprint density at radius 1 is 0.208 bits per heavy atom. The second-order valence-electron chi connectivity index (χ2n) is 12.5. The molecule has 0 aliphatic heterocycles. The monoisotopic (exact) mass is 608 g/mol. The van der Waals surface area contributed by atoms with Gasteiger partial charge in [-0.1, -0.05) is 176 Å². The van der Waals surface area contributed by atoms with Crippen molar-refractivity contribution in [2.24, 2.45) is 0 Å². The summed E-state index contributed by atoms with van der Waals surface area (Å²) < 4.78 is 0. The first-order valence-corrected chi connectivity index (χ1v) is 16.6. The van der Waals surface area contributed by atoms with E-state index in [9.17, 15) is 0 Å². The zero-order valence-electron chi connectivity index (χ0n) is 26.5. The number of fused-ring (bicyclic) bond motifs is 3. The second kappa shape index (κ2) is 11.8. The van der Waals surface area contributed by atoms with Gasteiger partial charge in [0.25, 0.3) is 0 Å². The maximum absolute atomic E-state index is 2.38. The molecule has 0 aliphatic rings. The van der Waals surface area contributed by atoms with Crippen molar-refractivity contribution < 1.29 is 0 Å². The maximum atomic E-state index is 2.38. The molecule has 0 heterocycles. The van der Waals surface area contributed by atoms with Crippen LogP contribution >= 0.6 is 0 Å². The fourth-order valence-electron chi connectivity index (χ4n) is 7.42. The summed E-state index contributed by atoms with van der Waals surface area (Å²) in [4.78, 5) is 0. The van der Waals surface area contributed by atoms with Gasteiger partial charge in [-0.25, -0.2) is 0 Å². The third-order valence-corrected chi connectivity index (χ3v) is 9.64. The molecule has 0 heteroatoms. The van der Waals surface area contributed by atoms with E-state index in [1.807, 2.05) is 0 Å². The fraction of sp³-hybridized carbons (Fsp3) is 0. The molecule has 0 unspecified atom stereocenters. The lowest BCUT2D eigenvalue weighted by Crippen LogP contribution is -1.92. The van der Waals surface area contributed by atoms with Crippen LogP contribution in [0.2, 0.25) is 0 Å². The summed E-state index contributed by atoms with van der Waals surface area (Å²) in [5.74, 6) is 0. The summed E-state index contributed by atoms with van der Waals surface area (Å²) in [7, 11) is 0. The molecule has 9 aromatic rings. The third-order valence-electron chi connectivity index (χ3n) is 9.64. The Hall–Kier alpha value is -6.24. The van der Waals surface area contributed by atoms with E-state index in [0.29, 0.717) is 0 Å². The van der Waals surface area contributed by atoms with Crippen molar-refractivity contribution in [1.29, 1.82) is 0 Å². The molecule has 0 amide bonds. The molecule has 0 aromatic heterocycles. The minimum absolute atomic E-state index is 1.21. The van der Waals surface area contributed by atoms with Crippen LogP contribution < -0.4 is 0 Å². The van der Waals surface area contributed by atoms with Gasteiger partial charge in [-0.15, -0.1) is 0 Å². The van der Waals surface area contributed by atoms with Crippen LogP contribution in [0, 0.1) is 0 Å². The molecule has 0 nitrogen and oxygen atoms in total. The Morgan fingerprint density at radius 3 is 1.23 bits per heavy atom. The molecular formula is C48H32. The molecule has 0 radical (unpaired) electrons. The van der Waals surface area contributed by atoms with Gasteiger partial charge >= 0.3 is 0 Å². The number of hydrogen-bond donors (Lipinski definition) is 0. The number of rotatable bonds is 5. The van der Waals surface area contributed by atoms with Crippen LogP contribution in [0.1, 0.15) is 0 Å². The summed E-state index contributed by atoms with van der Waals surface area (Å²) in [5.41, 5.74) is 12.4. The molecular weight excluding hydrogens is 577 g/mol. The maximum Gasteiger partial charge on any atom is -0.00262 e. The van der Waals surface area contributed by atoms with E-state index in [1.165, 1.54) is 88.0 Å². The van der Waals surface area contributed by atoms with Crippen molar-refractivity contribution in [2.75, 3.05) is 0 Å². The van der Waals surface area contributed by atoms with Crippen LogP contribution in [0.25, 0.3) is 88.0 Å². The van der Waals surface area contributed by atoms with Crippen LogP contribution in [0.5, 0.6) is 0 Å². The van der Waals surface area contributed by atoms with Crippen molar-refractivity contribution in [3.8, 4) is 55.6 Å². The summed E-state index contributed by atoms with van der Waals surface area (Å²) in [5, 5.41) is 7.58. The molecule has 0 bridgehead atoms. The van der Waals surface area contributed by atoms with Gasteiger partial charge in [0.1, 0.15) is 0 Å². The van der Waals surface area contributed by atoms with Crippen molar-refractivity contribution in [1.82, 2.24) is 0 Å². The normalized spacial score (nSPS) is 11.3. The molecule has 0 fully saturated rings. The largest absolute Gasteiger partial charge is 0.0622 e. The highest BCUT2D eigenvalue weighted by atomic mass is 14.2. The molecule has 0 N–H and O–H groups in total. The smallest absolute Gasteiger partial charge is 0.00262 e. The van der Waals surface area contributed by atoms with Gasteiger partial charge in [0.15, 0.2) is 0 Å². The van der Waals surface area contributed by atoms with Gasteiger partial charge in [-0.2, -0.15) is 0 Å². The molecule has 0 saturated heterocycles. The summed E-state index contributed by atoms with van der Waals surface area (Å²) in [6, 6.07) is 70.7. The summed E-state index contributed by atoms with van der Waals surface area (Å²) in [6.07, 6.45) is 0. The molecule has 0 spiro atoms. The van der Waals surface area contributed by atoms with Gasteiger partial charge in [-0.3, -0.25) is 0 Å². The van der Waals surface area contributed by atoms with E-state index in [0.717, 1.165) is 0 Å². The molecule has 9 aromatic carbocycles. The van der Waals surface area contributed by atoms with Gasteiger partial charge < -0.3 is 0 Å². The van der Waals surface area contributed by atoms with E-state index in [-0.39, 0.29) is 0 Å². The van der Waals surface area contributed by atoms with E-state index < -0.39 is 0 Å². The topological polar surface area (TPSA) is 0 Å². The SMILES string of the molecule is c1ccc(-c2cccc(-c3ccccc3-c3cccc(-c4c5ccccc5c(-c5ccc6ccccc6c5)c5ccccc45)c3)c2)cc1. The van der Waals surface area contributed by atoms with Crippen LogP contribution in [0.3, 0.4) is 0 Å². The first-order valence-electron chi connectivity index (χ1n) is 16.6. The summed E-state index contributed by atoms with van der Waals surface area (Å²) >= 11 is 0. The molecule has 224 valence electrons. The Morgan fingerprint density at radius 2 is 0.625 bits per heavy atom. The highest BCUT2D eigenvalue weighted by molar-refractivity contribution is 6.21. The van der Waals surface area contributed by atoms with Crippen LogP contribution in [-0.2, 0) is 0 Å². The zero-order valence-corrected chi connectivity index (χ0v) is 26.5. The number of benzene rings is 9. The van der Waals surface area contributed by atoms with Crippen molar-refractivity contribution in [3.05, 3.63) is 194 Å². The van der Waals surface area contributed by atoms with E-state index in [2.05, 4.69) is 194 Å². The Balaban J connectivity index is 1.23. The number of hydrogen-bond acceptors (Lipinski definition) is 0. The zero-order chi connectivity index (χ0) is 31.9. The minimum Gasteiger partial charge on any atom is -0.0622 e. The van der Waals surface area contributed by atoms with E-state index in [4.69, 9.17) is 0 Å². The van der Waals surface area contributed by atoms with Crippen LogP contribution in [0.15, 0.2) is 194 Å². The Bertz CT molecular complexity index is 2550. The van der Waals surface area contributed by atoms with Gasteiger partial charge in [-0.05, 0) is 106 Å².